The van der Waals surface area contributed by atoms with Crippen molar-refractivity contribution in [1.82, 2.24) is 4.90 Å². The highest BCUT2D eigenvalue weighted by Gasteiger charge is 2.50. The molecule has 28 heavy (non-hydrogen) atoms. The van der Waals surface area contributed by atoms with Crippen LogP contribution in [0, 0.1) is 18.8 Å². The van der Waals surface area contributed by atoms with Gasteiger partial charge in [-0.1, -0.05) is 29.8 Å². The molecule has 0 bridgehead atoms. The maximum atomic E-state index is 12.5. The fraction of sp³-hybridized carbons (Fsp3) is 0.400. The molecule has 1 saturated heterocycles. The summed E-state index contributed by atoms with van der Waals surface area (Å²) >= 11 is 6.01. The number of halogens is 1. The predicted octanol–water partition coefficient (Wildman–Crippen LogP) is 2.47. The normalized spacial score (nSPS) is 22.0. The van der Waals surface area contributed by atoms with Crippen LogP contribution in [0.1, 0.15) is 25.3 Å². The summed E-state index contributed by atoms with van der Waals surface area (Å²) in [4.78, 5) is 50.4. The Hall–Kier alpha value is -2.67. The summed E-state index contributed by atoms with van der Waals surface area (Å²) in [5, 5.41) is 3.12. The van der Waals surface area contributed by atoms with E-state index in [1.807, 2.05) is 12.2 Å². The van der Waals surface area contributed by atoms with Crippen molar-refractivity contribution in [1.29, 1.82) is 0 Å². The number of amides is 3. The maximum absolute atomic E-state index is 12.5. The van der Waals surface area contributed by atoms with Gasteiger partial charge in [0.05, 0.1) is 11.8 Å². The fourth-order valence-corrected chi connectivity index (χ4v) is 3.67. The number of nitrogens with one attached hydrogen (secondary N) is 1. The number of fused-ring (bicyclic) bond motifs is 1. The molecule has 0 spiro atoms. The van der Waals surface area contributed by atoms with Crippen LogP contribution in [0.2, 0.25) is 5.02 Å². The quantitative estimate of drug-likeness (QED) is 0.462. The Labute approximate surface area is 167 Å². The highest BCUT2D eigenvalue weighted by Crippen LogP contribution is 2.36. The SMILES string of the molecule is Cc1c(Cl)cccc1NC(=O)COC(=O)[C@H](C)N1C(=O)[C@H]2CC=CC[C@H]2C1=O. The number of allylic oxidation sites excluding steroid dienone is 2. The Balaban J connectivity index is 1.57. The molecule has 1 aromatic carbocycles. The van der Waals surface area contributed by atoms with Gasteiger partial charge in [0, 0.05) is 10.7 Å². The molecule has 1 aliphatic carbocycles. The Morgan fingerprint density at radius 3 is 2.43 bits per heavy atom. The number of imide groups is 1. The van der Waals surface area contributed by atoms with E-state index in [9.17, 15) is 19.2 Å². The highest BCUT2D eigenvalue weighted by molar-refractivity contribution is 6.31. The van der Waals surface area contributed by atoms with Crippen molar-refractivity contribution in [3.63, 3.8) is 0 Å². The summed E-state index contributed by atoms with van der Waals surface area (Å²) in [7, 11) is 0. The summed E-state index contributed by atoms with van der Waals surface area (Å²) in [6, 6.07) is 4.00. The minimum absolute atomic E-state index is 0.359. The molecule has 0 saturated carbocycles. The number of likely N-dealkylation sites (tertiary alicyclic amines) is 1. The topological polar surface area (TPSA) is 92.8 Å². The van der Waals surface area contributed by atoms with Crippen molar-refractivity contribution >= 4 is 41.0 Å². The number of hydrogen-bond acceptors (Lipinski definition) is 5. The first-order valence-electron chi connectivity index (χ1n) is 9.04. The number of carbonyl (C=O) groups excluding carboxylic acids is 4. The van der Waals surface area contributed by atoms with Crippen LogP contribution in [0.25, 0.3) is 0 Å². The van der Waals surface area contributed by atoms with Gasteiger partial charge in [-0.2, -0.15) is 0 Å². The van der Waals surface area contributed by atoms with E-state index < -0.39 is 36.4 Å². The molecule has 7 nitrogen and oxygen atoms in total. The average Bonchev–Trinajstić information content (AvgIpc) is 2.94. The maximum Gasteiger partial charge on any atom is 0.329 e. The lowest BCUT2D eigenvalue weighted by Crippen LogP contribution is -2.45. The molecule has 3 atom stereocenters. The third kappa shape index (κ3) is 3.80. The molecule has 8 heteroatoms. The molecular weight excluding hydrogens is 384 g/mol. The number of benzene rings is 1. The minimum Gasteiger partial charge on any atom is -0.454 e. The van der Waals surface area contributed by atoms with Gasteiger partial charge in [0.2, 0.25) is 11.8 Å². The van der Waals surface area contributed by atoms with Crippen molar-refractivity contribution in [2.45, 2.75) is 32.7 Å². The van der Waals surface area contributed by atoms with Gasteiger partial charge in [-0.05, 0) is 44.4 Å². The zero-order valence-electron chi connectivity index (χ0n) is 15.6. The van der Waals surface area contributed by atoms with Gasteiger partial charge in [-0.25, -0.2) is 4.79 Å². The molecule has 0 aromatic heterocycles. The number of anilines is 1. The predicted molar refractivity (Wildman–Crippen MR) is 102 cm³/mol. The van der Waals surface area contributed by atoms with Crippen molar-refractivity contribution < 1.29 is 23.9 Å². The number of carbonyl (C=O) groups is 4. The van der Waals surface area contributed by atoms with E-state index in [0.717, 1.165) is 4.90 Å². The van der Waals surface area contributed by atoms with Gasteiger partial charge >= 0.3 is 5.97 Å². The molecule has 1 heterocycles. The molecule has 1 aliphatic heterocycles. The second kappa shape index (κ2) is 8.14. The molecule has 1 N–H and O–H groups in total. The van der Waals surface area contributed by atoms with Crippen LogP contribution in [0.3, 0.4) is 0 Å². The van der Waals surface area contributed by atoms with Crippen molar-refractivity contribution in [3.8, 4) is 0 Å². The third-order valence-electron chi connectivity index (χ3n) is 5.16. The lowest BCUT2D eigenvalue weighted by molar-refractivity contribution is -0.159. The van der Waals surface area contributed by atoms with Crippen molar-refractivity contribution in [2.24, 2.45) is 11.8 Å². The zero-order valence-corrected chi connectivity index (χ0v) is 16.4. The van der Waals surface area contributed by atoms with Crippen LogP contribution in [0.5, 0.6) is 0 Å². The Kier molecular flexibility index (Phi) is 5.84. The van der Waals surface area contributed by atoms with E-state index >= 15 is 0 Å². The number of hydrogen-bond donors (Lipinski definition) is 1. The number of rotatable bonds is 5. The number of esters is 1. The van der Waals surface area contributed by atoms with Gasteiger partial charge < -0.3 is 10.1 Å². The first-order valence-corrected chi connectivity index (χ1v) is 9.42. The second-order valence-electron chi connectivity index (χ2n) is 6.95. The fourth-order valence-electron chi connectivity index (χ4n) is 3.50. The van der Waals surface area contributed by atoms with Gasteiger partial charge in [0.25, 0.3) is 5.91 Å². The van der Waals surface area contributed by atoms with Crippen LogP contribution < -0.4 is 5.32 Å². The van der Waals surface area contributed by atoms with E-state index in [2.05, 4.69) is 5.32 Å². The Bertz CT molecular complexity index is 840. The number of ether oxygens (including phenoxy) is 1. The van der Waals surface area contributed by atoms with E-state index in [1.165, 1.54) is 6.92 Å². The molecule has 1 aromatic rings. The first kappa shape index (κ1) is 20.1. The summed E-state index contributed by atoms with van der Waals surface area (Å²) < 4.78 is 5.02. The lowest BCUT2D eigenvalue weighted by Gasteiger charge is -2.21. The van der Waals surface area contributed by atoms with Crippen LogP contribution in [-0.2, 0) is 23.9 Å². The average molecular weight is 405 g/mol. The Morgan fingerprint density at radius 1 is 1.21 bits per heavy atom. The molecule has 3 amide bonds. The molecule has 2 aliphatic rings. The summed E-state index contributed by atoms with van der Waals surface area (Å²) in [5.74, 6) is -2.89. The molecule has 0 radical (unpaired) electrons. The van der Waals surface area contributed by atoms with E-state index in [-0.39, 0.29) is 11.8 Å². The van der Waals surface area contributed by atoms with Crippen LogP contribution >= 0.6 is 11.6 Å². The van der Waals surface area contributed by atoms with Gasteiger partial charge in [0.1, 0.15) is 6.04 Å². The van der Waals surface area contributed by atoms with Crippen LogP contribution in [0.15, 0.2) is 30.4 Å². The largest absolute Gasteiger partial charge is 0.454 e. The lowest BCUT2D eigenvalue weighted by atomic mass is 9.85. The Morgan fingerprint density at radius 2 is 1.82 bits per heavy atom. The van der Waals surface area contributed by atoms with Crippen molar-refractivity contribution in [2.75, 3.05) is 11.9 Å². The van der Waals surface area contributed by atoms with Crippen LogP contribution in [0.4, 0.5) is 5.69 Å². The van der Waals surface area contributed by atoms with Gasteiger partial charge in [0.15, 0.2) is 6.61 Å². The smallest absolute Gasteiger partial charge is 0.329 e. The monoisotopic (exact) mass is 404 g/mol. The summed E-state index contributed by atoms with van der Waals surface area (Å²) in [6.07, 6.45) is 4.74. The zero-order chi connectivity index (χ0) is 20.4. The first-order chi connectivity index (χ1) is 13.3. The second-order valence-corrected chi connectivity index (χ2v) is 7.35. The van der Waals surface area contributed by atoms with E-state index in [4.69, 9.17) is 16.3 Å². The number of nitrogens with zero attached hydrogens (tertiary/aromatic N) is 1. The van der Waals surface area contributed by atoms with E-state index in [1.54, 1.807) is 25.1 Å². The minimum atomic E-state index is -1.08. The standard InChI is InChI=1S/C20H21ClN2O5/c1-11-15(21)8-5-9-16(11)22-17(24)10-28-20(27)12(2)23-18(25)13-6-3-4-7-14(13)19(23)26/h3-5,8-9,12-14H,6-7,10H2,1-2H3,(H,22,24)/t12-,13-,14+/m0/s1. The van der Waals surface area contributed by atoms with Crippen LogP contribution in [-0.4, -0.2) is 41.2 Å². The highest BCUT2D eigenvalue weighted by atomic mass is 35.5. The van der Waals surface area contributed by atoms with Crippen molar-refractivity contribution in [3.05, 3.63) is 40.9 Å². The van der Waals surface area contributed by atoms with E-state index in [0.29, 0.717) is 29.1 Å². The van der Waals surface area contributed by atoms with Gasteiger partial charge in [-0.3, -0.25) is 19.3 Å². The molecule has 3 rings (SSSR count). The molecular formula is C20H21ClN2O5. The molecule has 148 valence electrons. The van der Waals surface area contributed by atoms with Gasteiger partial charge in [-0.15, -0.1) is 0 Å². The molecule has 0 unspecified atom stereocenters. The third-order valence-corrected chi connectivity index (χ3v) is 5.57. The summed E-state index contributed by atoms with van der Waals surface area (Å²) in [6.45, 7) is 2.66. The summed E-state index contributed by atoms with van der Waals surface area (Å²) in [5.41, 5.74) is 1.21. The molecule has 1 fully saturated rings.